The molecular weight excluding hydrogens is 238 g/mol. The third-order valence-electron chi connectivity index (χ3n) is 4.32. The predicted molar refractivity (Wildman–Crippen MR) is 79.2 cm³/mol. The average molecular weight is 261 g/mol. The maximum Gasteiger partial charge on any atom is 0.253 e. The molecule has 4 heteroatoms. The van der Waals surface area contributed by atoms with Crippen LogP contribution in [0.3, 0.4) is 0 Å². The Morgan fingerprint density at radius 1 is 1.32 bits per heavy atom. The monoisotopic (exact) mass is 261 g/mol. The third kappa shape index (κ3) is 2.83. The highest BCUT2D eigenvalue weighted by atomic mass is 16.1. The largest absolute Gasteiger partial charge is 0.399 e. The second-order valence-corrected chi connectivity index (χ2v) is 5.55. The van der Waals surface area contributed by atoms with E-state index < -0.39 is 0 Å². The van der Waals surface area contributed by atoms with Crippen LogP contribution in [-0.2, 0) is 0 Å². The zero-order chi connectivity index (χ0) is 14.0. The number of anilines is 2. The van der Waals surface area contributed by atoms with Crippen LogP contribution in [0, 0.1) is 11.8 Å². The Morgan fingerprint density at radius 3 is 2.63 bits per heavy atom. The summed E-state index contributed by atoms with van der Waals surface area (Å²) in [5.41, 5.74) is 8.00. The average Bonchev–Trinajstić information content (AvgIpc) is 2.70. The Morgan fingerprint density at radius 2 is 2.05 bits per heavy atom. The van der Waals surface area contributed by atoms with E-state index in [0.717, 1.165) is 18.0 Å². The molecule has 1 aliphatic carbocycles. The second-order valence-electron chi connectivity index (χ2n) is 5.55. The number of amides is 1. The maximum absolute atomic E-state index is 11.9. The summed E-state index contributed by atoms with van der Waals surface area (Å²) in [5, 5.41) is 6.17. The molecule has 4 N–H and O–H groups in total. The fraction of sp³-hybridized carbons (Fsp3) is 0.533. The van der Waals surface area contributed by atoms with Crippen LogP contribution in [0.4, 0.5) is 11.4 Å². The van der Waals surface area contributed by atoms with Gasteiger partial charge in [0.1, 0.15) is 0 Å². The van der Waals surface area contributed by atoms with Crippen LogP contribution in [-0.4, -0.2) is 19.0 Å². The molecule has 1 amide bonds. The Kier molecular flexibility index (Phi) is 3.98. The fourth-order valence-electron chi connectivity index (χ4n) is 2.78. The molecule has 4 nitrogen and oxygen atoms in total. The minimum Gasteiger partial charge on any atom is -0.399 e. The molecule has 2 rings (SSSR count). The van der Waals surface area contributed by atoms with Gasteiger partial charge >= 0.3 is 0 Å². The topological polar surface area (TPSA) is 67.2 Å². The number of carbonyl (C=O) groups is 1. The van der Waals surface area contributed by atoms with Gasteiger partial charge in [-0.05, 0) is 42.9 Å². The number of benzene rings is 1. The SMILES string of the molecule is CNC(=O)c1ccc(N)cc1NC1CCC(C)C1C. The lowest BCUT2D eigenvalue weighted by atomic mass is 9.97. The normalized spacial score (nSPS) is 26.2. The van der Waals surface area contributed by atoms with Gasteiger partial charge < -0.3 is 16.4 Å². The van der Waals surface area contributed by atoms with Gasteiger partial charge in [0.15, 0.2) is 0 Å². The Balaban J connectivity index is 2.23. The Hall–Kier alpha value is -1.71. The molecule has 0 aliphatic heterocycles. The van der Waals surface area contributed by atoms with Gasteiger partial charge in [0, 0.05) is 24.5 Å². The van der Waals surface area contributed by atoms with E-state index in [1.54, 1.807) is 19.2 Å². The first-order valence-corrected chi connectivity index (χ1v) is 6.91. The Labute approximate surface area is 114 Å². The molecule has 0 saturated heterocycles. The third-order valence-corrected chi connectivity index (χ3v) is 4.32. The molecule has 1 saturated carbocycles. The van der Waals surface area contributed by atoms with Crippen LogP contribution in [0.2, 0.25) is 0 Å². The van der Waals surface area contributed by atoms with Crippen LogP contribution >= 0.6 is 0 Å². The summed E-state index contributed by atoms with van der Waals surface area (Å²) in [4.78, 5) is 11.9. The number of rotatable bonds is 3. The van der Waals surface area contributed by atoms with Crippen molar-refractivity contribution in [2.24, 2.45) is 11.8 Å². The molecule has 1 aliphatic rings. The van der Waals surface area contributed by atoms with E-state index in [4.69, 9.17) is 5.73 Å². The molecule has 104 valence electrons. The highest BCUT2D eigenvalue weighted by Gasteiger charge is 2.30. The standard InChI is InChI=1S/C15H23N3O/c1-9-4-7-13(10(9)2)18-14-8-11(16)5-6-12(14)15(19)17-3/h5-6,8-10,13,18H,4,7,16H2,1-3H3,(H,17,19). The van der Waals surface area contributed by atoms with E-state index >= 15 is 0 Å². The fourth-order valence-corrected chi connectivity index (χ4v) is 2.78. The smallest absolute Gasteiger partial charge is 0.253 e. The van der Waals surface area contributed by atoms with Crippen LogP contribution in [0.1, 0.15) is 37.0 Å². The van der Waals surface area contributed by atoms with E-state index in [-0.39, 0.29) is 5.91 Å². The van der Waals surface area contributed by atoms with Gasteiger partial charge in [0.05, 0.1) is 5.56 Å². The van der Waals surface area contributed by atoms with Crippen LogP contribution < -0.4 is 16.4 Å². The summed E-state index contributed by atoms with van der Waals surface area (Å²) < 4.78 is 0. The number of carbonyl (C=O) groups excluding carboxylic acids is 1. The van der Waals surface area contributed by atoms with Crippen LogP contribution in [0.25, 0.3) is 0 Å². The molecule has 1 fully saturated rings. The van der Waals surface area contributed by atoms with Gasteiger partial charge in [-0.3, -0.25) is 4.79 Å². The maximum atomic E-state index is 11.9. The molecule has 1 aromatic rings. The van der Waals surface area contributed by atoms with Gasteiger partial charge in [0.2, 0.25) is 0 Å². The lowest BCUT2D eigenvalue weighted by molar-refractivity contribution is 0.0964. The zero-order valence-electron chi connectivity index (χ0n) is 11.9. The molecule has 0 bridgehead atoms. The zero-order valence-corrected chi connectivity index (χ0v) is 11.9. The van der Waals surface area contributed by atoms with Crippen molar-refractivity contribution >= 4 is 17.3 Å². The predicted octanol–water partition coefficient (Wildman–Crippen LogP) is 2.47. The number of hydrogen-bond acceptors (Lipinski definition) is 3. The van der Waals surface area contributed by atoms with Gasteiger partial charge in [-0.25, -0.2) is 0 Å². The number of nitrogens with two attached hydrogens (primary N) is 1. The molecule has 0 radical (unpaired) electrons. The molecular formula is C15H23N3O. The number of hydrogen-bond donors (Lipinski definition) is 3. The molecule has 1 aromatic carbocycles. The van der Waals surface area contributed by atoms with Crippen molar-refractivity contribution in [1.29, 1.82) is 0 Å². The highest BCUT2D eigenvalue weighted by Crippen LogP contribution is 2.34. The number of nitrogen functional groups attached to an aromatic ring is 1. The van der Waals surface area contributed by atoms with E-state index in [1.807, 2.05) is 6.07 Å². The first-order valence-electron chi connectivity index (χ1n) is 6.91. The van der Waals surface area contributed by atoms with E-state index in [0.29, 0.717) is 23.2 Å². The summed E-state index contributed by atoms with van der Waals surface area (Å²) in [6, 6.07) is 5.80. The van der Waals surface area contributed by atoms with Crippen molar-refractivity contribution in [2.45, 2.75) is 32.7 Å². The van der Waals surface area contributed by atoms with Gasteiger partial charge in [-0.2, -0.15) is 0 Å². The van der Waals surface area contributed by atoms with Gasteiger partial charge in [0.25, 0.3) is 5.91 Å². The summed E-state index contributed by atoms with van der Waals surface area (Å²) in [7, 11) is 1.64. The van der Waals surface area contributed by atoms with Crippen molar-refractivity contribution in [2.75, 3.05) is 18.1 Å². The molecule has 3 atom stereocenters. The highest BCUT2D eigenvalue weighted by molar-refractivity contribution is 6.00. The first kappa shape index (κ1) is 13.7. The number of nitrogens with one attached hydrogen (secondary N) is 2. The van der Waals surface area contributed by atoms with E-state index in [2.05, 4.69) is 24.5 Å². The lowest BCUT2D eigenvalue weighted by Gasteiger charge is -2.22. The van der Waals surface area contributed by atoms with Crippen LogP contribution in [0.15, 0.2) is 18.2 Å². The minimum absolute atomic E-state index is 0.0822. The van der Waals surface area contributed by atoms with Crippen LogP contribution in [0.5, 0.6) is 0 Å². The van der Waals surface area contributed by atoms with E-state index in [9.17, 15) is 4.79 Å². The van der Waals surface area contributed by atoms with Crippen molar-refractivity contribution in [3.63, 3.8) is 0 Å². The van der Waals surface area contributed by atoms with Gasteiger partial charge in [-0.1, -0.05) is 13.8 Å². The van der Waals surface area contributed by atoms with E-state index in [1.165, 1.54) is 6.42 Å². The summed E-state index contributed by atoms with van der Waals surface area (Å²) in [6.45, 7) is 4.55. The van der Waals surface area contributed by atoms with Crippen molar-refractivity contribution in [1.82, 2.24) is 5.32 Å². The van der Waals surface area contributed by atoms with Crippen molar-refractivity contribution < 1.29 is 4.79 Å². The molecule has 3 unspecified atom stereocenters. The Bertz CT molecular complexity index is 472. The lowest BCUT2D eigenvalue weighted by Crippen LogP contribution is -2.27. The van der Waals surface area contributed by atoms with Crippen molar-refractivity contribution in [3.05, 3.63) is 23.8 Å². The quantitative estimate of drug-likeness (QED) is 0.732. The summed E-state index contributed by atoms with van der Waals surface area (Å²) >= 11 is 0. The molecule has 0 aromatic heterocycles. The molecule has 19 heavy (non-hydrogen) atoms. The minimum atomic E-state index is -0.0822. The second kappa shape index (κ2) is 5.51. The molecule has 0 spiro atoms. The van der Waals surface area contributed by atoms with Gasteiger partial charge in [-0.15, -0.1) is 0 Å². The first-order chi connectivity index (χ1) is 9.02. The van der Waals surface area contributed by atoms with Crippen molar-refractivity contribution in [3.8, 4) is 0 Å². The summed E-state index contributed by atoms with van der Waals surface area (Å²) in [5.74, 6) is 1.25. The molecule has 0 heterocycles. The summed E-state index contributed by atoms with van der Waals surface area (Å²) in [6.07, 6.45) is 2.38.